The highest BCUT2D eigenvalue weighted by molar-refractivity contribution is 6.00. The number of nitrogens with zero attached hydrogens (tertiary/aromatic N) is 2. The smallest absolute Gasteiger partial charge is 0.250 e. The molecule has 2 heterocycles. The molecule has 4 nitrogen and oxygen atoms in total. The summed E-state index contributed by atoms with van der Waals surface area (Å²) in [6, 6.07) is 18.1. The largest absolute Gasteiger partial charge is 0.332 e. The third kappa shape index (κ3) is 3.39. The van der Waals surface area contributed by atoms with E-state index in [0.29, 0.717) is 13.0 Å². The van der Waals surface area contributed by atoms with Crippen molar-refractivity contribution in [1.82, 2.24) is 9.80 Å². The summed E-state index contributed by atoms with van der Waals surface area (Å²) in [5, 5.41) is 0. The number of rotatable bonds is 3. The molecule has 4 rings (SSSR count). The summed E-state index contributed by atoms with van der Waals surface area (Å²) in [6.45, 7) is 3.46. The van der Waals surface area contributed by atoms with Gasteiger partial charge in [0.05, 0.1) is 6.04 Å². The molecule has 27 heavy (non-hydrogen) atoms. The van der Waals surface area contributed by atoms with Crippen LogP contribution >= 0.6 is 0 Å². The predicted molar refractivity (Wildman–Crippen MR) is 106 cm³/mol. The normalized spacial score (nSPS) is 19.5. The van der Waals surface area contributed by atoms with E-state index in [4.69, 9.17) is 0 Å². The van der Waals surface area contributed by atoms with Gasteiger partial charge in [-0.15, -0.1) is 0 Å². The molecule has 2 aliphatic heterocycles. The molecule has 1 unspecified atom stereocenters. The SMILES string of the molecule is CC/C(=C\c1ccccc1)C(=O)N1CC(=O)N2CCc3ccccc3C2C1. The summed E-state index contributed by atoms with van der Waals surface area (Å²) in [7, 11) is 0. The number of piperazine rings is 1. The minimum absolute atomic E-state index is 0.0302. The van der Waals surface area contributed by atoms with E-state index in [0.717, 1.165) is 24.1 Å². The third-order valence-electron chi connectivity index (χ3n) is 5.54. The maximum atomic E-state index is 13.2. The topological polar surface area (TPSA) is 40.6 Å². The summed E-state index contributed by atoms with van der Waals surface area (Å²) >= 11 is 0. The van der Waals surface area contributed by atoms with Gasteiger partial charge in [-0.1, -0.05) is 61.5 Å². The van der Waals surface area contributed by atoms with Crippen LogP contribution in [0.3, 0.4) is 0 Å². The fraction of sp³-hybridized carbons (Fsp3) is 0.304. The zero-order valence-corrected chi connectivity index (χ0v) is 15.6. The fourth-order valence-electron chi connectivity index (χ4n) is 4.10. The second-order valence-corrected chi connectivity index (χ2v) is 7.17. The lowest BCUT2D eigenvalue weighted by Gasteiger charge is -2.44. The molecule has 2 aromatic carbocycles. The molecule has 0 spiro atoms. The van der Waals surface area contributed by atoms with Gasteiger partial charge in [0.2, 0.25) is 11.8 Å². The molecule has 0 radical (unpaired) electrons. The first-order valence-electron chi connectivity index (χ1n) is 9.59. The van der Waals surface area contributed by atoms with Gasteiger partial charge in [0.1, 0.15) is 6.54 Å². The zero-order valence-electron chi connectivity index (χ0n) is 15.6. The highest BCUT2D eigenvalue weighted by Crippen LogP contribution is 2.33. The summed E-state index contributed by atoms with van der Waals surface area (Å²) < 4.78 is 0. The quantitative estimate of drug-likeness (QED) is 0.787. The van der Waals surface area contributed by atoms with E-state index < -0.39 is 0 Å². The molecule has 1 fully saturated rings. The van der Waals surface area contributed by atoms with Crippen LogP contribution in [0.2, 0.25) is 0 Å². The molecule has 2 amide bonds. The van der Waals surface area contributed by atoms with Crippen molar-refractivity contribution in [2.45, 2.75) is 25.8 Å². The Labute approximate surface area is 160 Å². The van der Waals surface area contributed by atoms with Gasteiger partial charge in [-0.25, -0.2) is 0 Å². The average molecular weight is 360 g/mol. The van der Waals surface area contributed by atoms with Gasteiger partial charge in [0, 0.05) is 18.7 Å². The van der Waals surface area contributed by atoms with E-state index in [1.54, 1.807) is 4.90 Å². The van der Waals surface area contributed by atoms with Crippen molar-refractivity contribution in [2.24, 2.45) is 0 Å². The van der Waals surface area contributed by atoms with Crippen LogP contribution in [-0.2, 0) is 16.0 Å². The number of benzene rings is 2. The number of carbonyl (C=O) groups excluding carboxylic acids is 2. The standard InChI is InChI=1S/C23H24N2O2/c1-2-18(14-17-8-4-3-5-9-17)23(27)24-15-21-20-11-7-6-10-19(20)12-13-25(21)22(26)16-24/h3-11,14,21H,2,12-13,15-16H2,1H3/b18-14+. The van der Waals surface area contributed by atoms with Crippen LogP contribution in [0.25, 0.3) is 6.08 Å². The minimum Gasteiger partial charge on any atom is -0.332 e. The first-order chi connectivity index (χ1) is 13.2. The van der Waals surface area contributed by atoms with Crippen LogP contribution in [0.15, 0.2) is 60.2 Å². The van der Waals surface area contributed by atoms with E-state index in [1.807, 2.05) is 60.4 Å². The molecular formula is C23H24N2O2. The Hall–Kier alpha value is -2.88. The highest BCUT2D eigenvalue weighted by Gasteiger charge is 2.38. The first-order valence-corrected chi connectivity index (χ1v) is 9.59. The molecule has 0 aromatic heterocycles. The monoisotopic (exact) mass is 360 g/mol. The maximum absolute atomic E-state index is 13.2. The Morgan fingerprint density at radius 1 is 1.11 bits per heavy atom. The summed E-state index contributed by atoms with van der Waals surface area (Å²) in [5.74, 6) is 0.0154. The van der Waals surface area contributed by atoms with Crippen molar-refractivity contribution in [3.8, 4) is 0 Å². The van der Waals surface area contributed by atoms with Crippen LogP contribution in [0.5, 0.6) is 0 Å². The molecule has 138 valence electrons. The molecule has 2 aliphatic rings. The second-order valence-electron chi connectivity index (χ2n) is 7.17. The molecule has 1 saturated heterocycles. The van der Waals surface area contributed by atoms with Gasteiger partial charge >= 0.3 is 0 Å². The highest BCUT2D eigenvalue weighted by atomic mass is 16.2. The van der Waals surface area contributed by atoms with Gasteiger partial charge < -0.3 is 9.80 Å². The van der Waals surface area contributed by atoms with E-state index in [1.165, 1.54) is 11.1 Å². The van der Waals surface area contributed by atoms with Gasteiger partial charge in [-0.2, -0.15) is 0 Å². The lowest BCUT2D eigenvalue weighted by Crippen LogP contribution is -2.55. The Morgan fingerprint density at radius 2 is 1.85 bits per heavy atom. The predicted octanol–water partition coefficient (Wildman–Crippen LogP) is 3.45. The van der Waals surface area contributed by atoms with Gasteiger partial charge in [0.25, 0.3) is 0 Å². The van der Waals surface area contributed by atoms with Crippen LogP contribution < -0.4 is 0 Å². The molecule has 0 saturated carbocycles. The third-order valence-corrected chi connectivity index (χ3v) is 5.54. The Bertz CT molecular complexity index is 888. The number of carbonyl (C=O) groups is 2. The Balaban J connectivity index is 1.61. The lowest BCUT2D eigenvalue weighted by atomic mass is 9.90. The molecule has 2 aromatic rings. The summed E-state index contributed by atoms with van der Waals surface area (Å²) in [5.41, 5.74) is 4.22. The minimum atomic E-state index is -0.0324. The van der Waals surface area contributed by atoms with Crippen LogP contribution in [0, 0.1) is 0 Å². The first kappa shape index (κ1) is 17.5. The number of hydrogen-bond donors (Lipinski definition) is 0. The average Bonchev–Trinajstić information content (AvgIpc) is 2.72. The fourth-order valence-corrected chi connectivity index (χ4v) is 4.10. The van der Waals surface area contributed by atoms with Crippen molar-refractivity contribution in [1.29, 1.82) is 0 Å². The molecule has 4 heteroatoms. The zero-order chi connectivity index (χ0) is 18.8. The van der Waals surface area contributed by atoms with E-state index in [9.17, 15) is 9.59 Å². The van der Waals surface area contributed by atoms with Gasteiger partial charge in [-0.05, 0) is 35.6 Å². The molecule has 0 aliphatic carbocycles. The lowest BCUT2D eigenvalue weighted by molar-refractivity contribution is -0.147. The van der Waals surface area contributed by atoms with Gasteiger partial charge in [0.15, 0.2) is 0 Å². The number of amides is 2. The van der Waals surface area contributed by atoms with Crippen LogP contribution in [0.4, 0.5) is 0 Å². The van der Waals surface area contributed by atoms with E-state index >= 15 is 0 Å². The van der Waals surface area contributed by atoms with Crippen molar-refractivity contribution in [2.75, 3.05) is 19.6 Å². The van der Waals surface area contributed by atoms with Crippen molar-refractivity contribution in [3.05, 3.63) is 76.9 Å². The van der Waals surface area contributed by atoms with E-state index in [2.05, 4.69) is 12.1 Å². The molecule has 0 bridgehead atoms. The Kier molecular flexibility index (Phi) is 4.80. The Morgan fingerprint density at radius 3 is 2.63 bits per heavy atom. The molecule has 0 N–H and O–H groups in total. The molecule has 1 atom stereocenters. The van der Waals surface area contributed by atoms with E-state index in [-0.39, 0.29) is 24.4 Å². The van der Waals surface area contributed by atoms with Crippen molar-refractivity contribution < 1.29 is 9.59 Å². The summed E-state index contributed by atoms with van der Waals surface area (Å²) in [4.78, 5) is 29.6. The van der Waals surface area contributed by atoms with Crippen molar-refractivity contribution in [3.63, 3.8) is 0 Å². The van der Waals surface area contributed by atoms with Crippen LogP contribution in [-0.4, -0.2) is 41.2 Å². The van der Waals surface area contributed by atoms with Crippen LogP contribution in [0.1, 0.15) is 36.1 Å². The second kappa shape index (κ2) is 7.39. The summed E-state index contributed by atoms with van der Waals surface area (Å²) in [6.07, 6.45) is 3.47. The number of hydrogen-bond acceptors (Lipinski definition) is 2. The molecular weight excluding hydrogens is 336 g/mol. The number of fused-ring (bicyclic) bond motifs is 3. The van der Waals surface area contributed by atoms with Gasteiger partial charge in [-0.3, -0.25) is 9.59 Å². The maximum Gasteiger partial charge on any atom is 0.250 e. The van der Waals surface area contributed by atoms with Crippen molar-refractivity contribution >= 4 is 17.9 Å².